The molecule has 0 saturated carbocycles. The van der Waals surface area contributed by atoms with Crippen LogP contribution in [0.3, 0.4) is 0 Å². The smallest absolute Gasteiger partial charge is 0.303 e. The quantitative estimate of drug-likeness (QED) is 0.796. The Labute approximate surface area is 157 Å². The molecule has 0 aromatic heterocycles. The van der Waals surface area contributed by atoms with Crippen LogP contribution in [0, 0.1) is 0 Å². The number of rotatable bonds is 6. The first-order valence-corrected chi connectivity index (χ1v) is 9.33. The van der Waals surface area contributed by atoms with Gasteiger partial charge in [0.2, 0.25) is 11.8 Å². The summed E-state index contributed by atoms with van der Waals surface area (Å²) in [5, 5.41) is 12.6. The lowest BCUT2D eigenvalue weighted by molar-refractivity contribution is -0.137. The van der Waals surface area contributed by atoms with Crippen molar-refractivity contribution in [3.63, 3.8) is 0 Å². The number of halogens is 1. The highest BCUT2D eigenvalue weighted by molar-refractivity contribution is 6.31. The van der Waals surface area contributed by atoms with Crippen LogP contribution in [-0.4, -0.2) is 39.9 Å². The Morgan fingerprint density at radius 2 is 2.00 bits per heavy atom. The second-order valence-electron chi connectivity index (χ2n) is 7.17. The highest BCUT2D eigenvalue weighted by Gasteiger charge is 2.38. The molecule has 6 nitrogen and oxygen atoms in total. The molecule has 0 spiro atoms. The van der Waals surface area contributed by atoms with Gasteiger partial charge < -0.3 is 15.3 Å². The number of nitrogens with zero attached hydrogens (tertiary/aromatic N) is 1. The van der Waals surface area contributed by atoms with Crippen molar-refractivity contribution in [1.29, 1.82) is 0 Å². The van der Waals surface area contributed by atoms with Gasteiger partial charge in [-0.15, -0.1) is 0 Å². The zero-order valence-electron chi connectivity index (χ0n) is 14.6. The van der Waals surface area contributed by atoms with Gasteiger partial charge in [0.1, 0.15) is 0 Å². The van der Waals surface area contributed by atoms with Crippen molar-refractivity contribution in [1.82, 2.24) is 10.2 Å². The Bertz CT molecular complexity index is 736. The number of aliphatic carboxylic acids is 1. The van der Waals surface area contributed by atoms with E-state index in [9.17, 15) is 14.4 Å². The van der Waals surface area contributed by atoms with Crippen LogP contribution >= 0.6 is 11.6 Å². The van der Waals surface area contributed by atoms with E-state index in [1.54, 1.807) is 0 Å². The third kappa shape index (κ3) is 4.18. The van der Waals surface area contributed by atoms with Crippen LogP contribution in [0.2, 0.25) is 5.02 Å². The predicted octanol–water partition coefficient (Wildman–Crippen LogP) is 2.52. The molecule has 2 aliphatic rings. The van der Waals surface area contributed by atoms with Gasteiger partial charge in [0.15, 0.2) is 0 Å². The molecule has 0 bridgehead atoms. The maximum absolute atomic E-state index is 12.7. The number of carbonyl (C=O) groups is 3. The minimum absolute atomic E-state index is 0.00986. The number of benzene rings is 1. The van der Waals surface area contributed by atoms with E-state index in [-0.39, 0.29) is 18.2 Å². The normalized spacial score (nSPS) is 22.0. The molecule has 1 aromatic rings. The van der Waals surface area contributed by atoms with Crippen LogP contribution in [0.1, 0.15) is 49.7 Å². The predicted molar refractivity (Wildman–Crippen MR) is 96.8 cm³/mol. The third-order valence-corrected chi connectivity index (χ3v) is 5.79. The molecule has 0 aliphatic carbocycles. The van der Waals surface area contributed by atoms with Crippen LogP contribution in [-0.2, 0) is 27.3 Å². The number of hydrogen-bond acceptors (Lipinski definition) is 3. The third-order valence-electron chi connectivity index (χ3n) is 5.43. The number of hydrogen-bond donors (Lipinski definition) is 2. The Morgan fingerprint density at radius 3 is 2.69 bits per heavy atom. The largest absolute Gasteiger partial charge is 0.481 e. The number of fused-ring (bicyclic) bond motifs is 1. The highest BCUT2D eigenvalue weighted by Crippen LogP contribution is 2.31. The van der Waals surface area contributed by atoms with E-state index in [4.69, 9.17) is 16.7 Å². The van der Waals surface area contributed by atoms with E-state index >= 15 is 0 Å². The average molecular weight is 379 g/mol. The molecule has 0 unspecified atom stereocenters. The Hall–Kier alpha value is -2.08. The maximum atomic E-state index is 12.7. The molecule has 2 heterocycles. The summed E-state index contributed by atoms with van der Waals surface area (Å²) >= 11 is 6.22. The molecular formula is C19H23ClN2O4. The highest BCUT2D eigenvalue weighted by atomic mass is 35.5. The van der Waals surface area contributed by atoms with Gasteiger partial charge in [-0.05, 0) is 42.9 Å². The molecular weight excluding hydrogens is 356 g/mol. The molecule has 140 valence electrons. The van der Waals surface area contributed by atoms with Crippen molar-refractivity contribution in [3.8, 4) is 0 Å². The summed E-state index contributed by atoms with van der Waals surface area (Å²) in [7, 11) is 0. The lowest BCUT2D eigenvalue weighted by atomic mass is 9.86. The summed E-state index contributed by atoms with van der Waals surface area (Å²) in [5.41, 5.74) is 1.62. The minimum Gasteiger partial charge on any atom is -0.481 e. The van der Waals surface area contributed by atoms with Crippen LogP contribution in [0.25, 0.3) is 0 Å². The lowest BCUT2D eigenvalue weighted by Gasteiger charge is -2.32. The molecule has 2 amide bonds. The number of amides is 2. The van der Waals surface area contributed by atoms with E-state index in [0.717, 1.165) is 22.6 Å². The van der Waals surface area contributed by atoms with Gasteiger partial charge in [-0.25, -0.2) is 0 Å². The van der Waals surface area contributed by atoms with Crippen molar-refractivity contribution in [2.24, 2.45) is 0 Å². The monoisotopic (exact) mass is 378 g/mol. The van der Waals surface area contributed by atoms with Gasteiger partial charge in [-0.2, -0.15) is 0 Å². The van der Waals surface area contributed by atoms with Crippen LogP contribution in [0.5, 0.6) is 0 Å². The Kier molecular flexibility index (Phi) is 5.51. The molecule has 3 rings (SSSR count). The summed E-state index contributed by atoms with van der Waals surface area (Å²) in [6, 6.07) is 5.75. The molecule has 2 aliphatic heterocycles. The van der Waals surface area contributed by atoms with E-state index in [2.05, 4.69) is 5.32 Å². The van der Waals surface area contributed by atoms with Crippen molar-refractivity contribution in [2.75, 3.05) is 6.54 Å². The fourth-order valence-electron chi connectivity index (χ4n) is 3.90. The van der Waals surface area contributed by atoms with Crippen molar-refractivity contribution in [3.05, 3.63) is 34.3 Å². The Morgan fingerprint density at radius 1 is 1.23 bits per heavy atom. The summed E-state index contributed by atoms with van der Waals surface area (Å²) in [6.07, 6.45) is 2.85. The molecule has 0 radical (unpaired) electrons. The van der Waals surface area contributed by atoms with Gasteiger partial charge >= 0.3 is 5.97 Å². The maximum Gasteiger partial charge on any atom is 0.303 e. The molecule has 26 heavy (non-hydrogen) atoms. The van der Waals surface area contributed by atoms with Crippen LogP contribution < -0.4 is 5.32 Å². The average Bonchev–Trinajstić information content (AvgIpc) is 2.99. The standard InChI is InChI=1S/C19H23ClN2O4/c20-15-3-1-2-13-12-22(11-7-14(13)15)17(24)5-9-19(10-6-18(25)26)8-4-16(23)21-19/h1-3H,4-12H2,(H,21,23)(H,25,26)/t19-/m1/s1. The fraction of sp³-hybridized carbons (Fsp3) is 0.526. The first kappa shape index (κ1) is 18.7. The fourth-order valence-corrected chi connectivity index (χ4v) is 4.19. The summed E-state index contributed by atoms with van der Waals surface area (Å²) < 4.78 is 0. The topological polar surface area (TPSA) is 86.7 Å². The molecule has 7 heteroatoms. The van der Waals surface area contributed by atoms with Crippen molar-refractivity contribution >= 4 is 29.4 Å². The lowest BCUT2D eigenvalue weighted by Crippen LogP contribution is -2.44. The summed E-state index contributed by atoms with van der Waals surface area (Å²) in [4.78, 5) is 37.1. The Balaban J connectivity index is 1.60. The van der Waals surface area contributed by atoms with Gasteiger partial charge in [-0.1, -0.05) is 23.7 Å². The van der Waals surface area contributed by atoms with E-state index in [1.807, 2.05) is 23.1 Å². The number of carbonyl (C=O) groups excluding carboxylic acids is 2. The first-order chi connectivity index (χ1) is 12.4. The summed E-state index contributed by atoms with van der Waals surface area (Å²) in [5.74, 6) is -0.919. The minimum atomic E-state index is -0.888. The number of carboxylic acids is 1. The first-order valence-electron chi connectivity index (χ1n) is 8.95. The second kappa shape index (κ2) is 7.66. The van der Waals surface area contributed by atoms with Crippen LogP contribution in [0.15, 0.2) is 18.2 Å². The van der Waals surface area contributed by atoms with Crippen molar-refractivity contribution in [2.45, 2.75) is 57.0 Å². The van der Waals surface area contributed by atoms with Crippen molar-refractivity contribution < 1.29 is 19.5 Å². The molecule has 2 N–H and O–H groups in total. The van der Waals surface area contributed by atoms with E-state index < -0.39 is 11.5 Å². The summed E-state index contributed by atoms with van der Waals surface area (Å²) in [6.45, 7) is 1.17. The number of nitrogens with one attached hydrogen (secondary N) is 1. The van der Waals surface area contributed by atoms with Gasteiger partial charge in [0.05, 0.1) is 0 Å². The zero-order valence-corrected chi connectivity index (χ0v) is 15.3. The molecule has 1 atom stereocenters. The van der Waals surface area contributed by atoms with Gasteiger partial charge in [0.25, 0.3) is 0 Å². The molecule has 1 aromatic carbocycles. The van der Waals surface area contributed by atoms with Gasteiger partial charge in [0, 0.05) is 42.9 Å². The molecule has 1 fully saturated rings. The van der Waals surface area contributed by atoms with Gasteiger partial charge in [-0.3, -0.25) is 14.4 Å². The number of carboxylic acid groups (broad SMARTS) is 1. The van der Waals surface area contributed by atoms with Crippen LogP contribution in [0.4, 0.5) is 0 Å². The SMILES string of the molecule is O=C(O)CC[C@]1(CCC(=O)N2CCc3c(Cl)cccc3C2)CCC(=O)N1. The molecule has 1 saturated heterocycles. The van der Waals surface area contributed by atoms with E-state index in [0.29, 0.717) is 45.2 Å². The zero-order chi connectivity index (χ0) is 18.7. The van der Waals surface area contributed by atoms with E-state index in [1.165, 1.54) is 0 Å². The second-order valence-corrected chi connectivity index (χ2v) is 7.57.